The summed E-state index contributed by atoms with van der Waals surface area (Å²) in [6.07, 6.45) is 0.508. The number of amides is 1. The van der Waals surface area contributed by atoms with Gasteiger partial charge in [-0.1, -0.05) is 30.3 Å². The van der Waals surface area contributed by atoms with Gasteiger partial charge in [0.25, 0.3) is 5.91 Å². The SMILES string of the molecule is CN(C(=O)c1ccc(COc2ccccc2)cc1)C1CCS(=O)(=O)C1. The summed E-state index contributed by atoms with van der Waals surface area (Å²) in [6, 6.07) is 16.5. The lowest BCUT2D eigenvalue weighted by Gasteiger charge is -2.23. The Balaban J connectivity index is 1.60. The molecular formula is C19H21NO4S. The third kappa shape index (κ3) is 4.39. The maximum Gasteiger partial charge on any atom is 0.253 e. The number of carbonyl (C=O) groups excluding carboxylic acids is 1. The first-order valence-corrected chi connectivity index (χ1v) is 10.0. The van der Waals surface area contributed by atoms with Crippen LogP contribution in [-0.4, -0.2) is 43.8 Å². The van der Waals surface area contributed by atoms with Gasteiger partial charge in [0.15, 0.2) is 9.84 Å². The Kier molecular flexibility index (Phi) is 5.08. The van der Waals surface area contributed by atoms with Crippen molar-refractivity contribution in [1.29, 1.82) is 0 Å². The molecule has 1 atom stereocenters. The second kappa shape index (κ2) is 7.27. The molecule has 132 valence electrons. The molecule has 5 nitrogen and oxygen atoms in total. The number of carbonyl (C=O) groups is 1. The van der Waals surface area contributed by atoms with E-state index in [1.54, 1.807) is 24.1 Å². The second-order valence-corrected chi connectivity index (χ2v) is 8.50. The van der Waals surface area contributed by atoms with Crippen molar-refractivity contribution in [1.82, 2.24) is 4.90 Å². The van der Waals surface area contributed by atoms with Crippen LogP contribution in [0.25, 0.3) is 0 Å². The van der Waals surface area contributed by atoms with Gasteiger partial charge in [0.2, 0.25) is 0 Å². The fourth-order valence-corrected chi connectivity index (χ4v) is 4.65. The average Bonchev–Trinajstić information content (AvgIpc) is 3.00. The van der Waals surface area contributed by atoms with Gasteiger partial charge in [-0.3, -0.25) is 4.79 Å². The van der Waals surface area contributed by atoms with E-state index in [1.807, 2.05) is 42.5 Å². The van der Waals surface area contributed by atoms with Gasteiger partial charge in [-0.05, 0) is 36.2 Å². The number of hydrogen-bond donors (Lipinski definition) is 0. The number of hydrogen-bond acceptors (Lipinski definition) is 4. The highest BCUT2D eigenvalue weighted by molar-refractivity contribution is 7.91. The van der Waals surface area contributed by atoms with Gasteiger partial charge in [0.1, 0.15) is 12.4 Å². The molecule has 6 heteroatoms. The molecule has 1 unspecified atom stereocenters. The maximum absolute atomic E-state index is 12.5. The second-order valence-electron chi connectivity index (χ2n) is 6.27. The number of benzene rings is 2. The van der Waals surface area contributed by atoms with E-state index in [2.05, 4.69) is 0 Å². The van der Waals surface area contributed by atoms with Crippen LogP contribution in [0.1, 0.15) is 22.3 Å². The molecule has 1 aliphatic heterocycles. The van der Waals surface area contributed by atoms with Gasteiger partial charge in [-0.25, -0.2) is 8.42 Å². The molecule has 0 saturated carbocycles. The van der Waals surface area contributed by atoms with Crippen LogP contribution in [0, 0.1) is 0 Å². The van der Waals surface area contributed by atoms with Crippen LogP contribution in [0.4, 0.5) is 0 Å². The molecule has 0 aromatic heterocycles. The van der Waals surface area contributed by atoms with Crippen molar-refractivity contribution in [2.45, 2.75) is 19.1 Å². The fourth-order valence-electron chi connectivity index (χ4n) is 2.88. The molecule has 1 heterocycles. The van der Waals surface area contributed by atoms with Crippen molar-refractivity contribution in [3.05, 3.63) is 65.7 Å². The molecule has 0 N–H and O–H groups in total. The first-order valence-electron chi connectivity index (χ1n) is 8.19. The number of rotatable bonds is 5. The smallest absolute Gasteiger partial charge is 0.253 e. The first-order chi connectivity index (χ1) is 11.9. The van der Waals surface area contributed by atoms with E-state index < -0.39 is 9.84 Å². The maximum atomic E-state index is 12.5. The molecule has 0 radical (unpaired) electrons. The lowest BCUT2D eigenvalue weighted by Crippen LogP contribution is -2.37. The quantitative estimate of drug-likeness (QED) is 0.823. The summed E-state index contributed by atoms with van der Waals surface area (Å²) in [7, 11) is -1.34. The molecule has 3 rings (SSSR count). The zero-order chi connectivity index (χ0) is 17.9. The molecular weight excluding hydrogens is 338 g/mol. The predicted octanol–water partition coefficient (Wildman–Crippen LogP) is 2.52. The first kappa shape index (κ1) is 17.5. The Labute approximate surface area is 148 Å². The molecule has 2 aromatic carbocycles. The minimum atomic E-state index is -3.01. The van der Waals surface area contributed by atoms with E-state index in [0.29, 0.717) is 18.6 Å². The van der Waals surface area contributed by atoms with E-state index in [4.69, 9.17) is 4.74 Å². The van der Waals surface area contributed by atoms with Gasteiger partial charge in [0.05, 0.1) is 11.5 Å². The van der Waals surface area contributed by atoms with Gasteiger partial charge >= 0.3 is 0 Å². The number of nitrogens with zero attached hydrogens (tertiary/aromatic N) is 1. The Morgan fingerprint density at radius 3 is 2.40 bits per heavy atom. The highest BCUT2D eigenvalue weighted by atomic mass is 32.2. The van der Waals surface area contributed by atoms with E-state index in [9.17, 15) is 13.2 Å². The van der Waals surface area contributed by atoms with Crippen LogP contribution in [0.3, 0.4) is 0 Å². The van der Waals surface area contributed by atoms with Crippen molar-refractivity contribution in [2.24, 2.45) is 0 Å². The van der Waals surface area contributed by atoms with E-state index in [-0.39, 0.29) is 23.5 Å². The monoisotopic (exact) mass is 359 g/mol. The molecule has 25 heavy (non-hydrogen) atoms. The normalized spacial score (nSPS) is 18.7. The molecule has 0 bridgehead atoms. The van der Waals surface area contributed by atoms with Crippen LogP contribution in [-0.2, 0) is 16.4 Å². The van der Waals surface area contributed by atoms with Crippen LogP contribution in [0.15, 0.2) is 54.6 Å². The zero-order valence-electron chi connectivity index (χ0n) is 14.1. The zero-order valence-corrected chi connectivity index (χ0v) is 14.9. The minimum Gasteiger partial charge on any atom is -0.489 e. The summed E-state index contributed by atoms with van der Waals surface area (Å²) in [6.45, 7) is 0.426. The predicted molar refractivity (Wildman–Crippen MR) is 96.4 cm³/mol. The summed E-state index contributed by atoms with van der Waals surface area (Å²) in [5.41, 5.74) is 1.52. The Hall–Kier alpha value is -2.34. The van der Waals surface area contributed by atoms with Gasteiger partial charge in [0, 0.05) is 18.7 Å². The van der Waals surface area contributed by atoms with Crippen LogP contribution >= 0.6 is 0 Å². The molecule has 0 aliphatic carbocycles. The number of para-hydroxylation sites is 1. The summed E-state index contributed by atoms with van der Waals surface area (Å²) in [5.74, 6) is 0.853. The summed E-state index contributed by atoms with van der Waals surface area (Å²) < 4.78 is 28.9. The van der Waals surface area contributed by atoms with Crippen molar-refractivity contribution >= 4 is 15.7 Å². The lowest BCUT2D eigenvalue weighted by molar-refractivity contribution is 0.0747. The highest BCUT2D eigenvalue weighted by Gasteiger charge is 2.32. The summed E-state index contributed by atoms with van der Waals surface area (Å²) in [4.78, 5) is 14.1. The van der Waals surface area contributed by atoms with Gasteiger partial charge in [-0.15, -0.1) is 0 Å². The van der Waals surface area contributed by atoms with Crippen molar-refractivity contribution < 1.29 is 17.9 Å². The largest absolute Gasteiger partial charge is 0.489 e. The third-order valence-electron chi connectivity index (χ3n) is 4.43. The third-order valence-corrected chi connectivity index (χ3v) is 6.18. The number of ether oxygens (including phenoxy) is 1. The van der Waals surface area contributed by atoms with E-state index in [0.717, 1.165) is 11.3 Å². The molecule has 2 aromatic rings. The topological polar surface area (TPSA) is 63.7 Å². The molecule has 1 fully saturated rings. The fraction of sp³-hybridized carbons (Fsp3) is 0.316. The van der Waals surface area contributed by atoms with Crippen molar-refractivity contribution in [3.63, 3.8) is 0 Å². The number of sulfone groups is 1. The Bertz CT molecular complexity index is 831. The summed E-state index contributed by atoms with van der Waals surface area (Å²) >= 11 is 0. The Morgan fingerprint density at radius 2 is 1.80 bits per heavy atom. The van der Waals surface area contributed by atoms with Crippen LogP contribution < -0.4 is 4.74 Å². The highest BCUT2D eigenvalue weighted by Crippen LogP contribution is 2.19. The van der Waals surface area contributed by atoms with Crippen molar-refractivity contribution in [3.8, 4) is 5.75 Å². The lowest BCUT2D eigenvalue weighted by atomic mass is 10.1. The van der Waals surface area contributed by atoms with E-state index >= 15 is 0 Å². The van der Waals surface area contributed by atoms with Gasteiger partial charge in [-0.2, -0.15) is 0 Å². The summed E-state index contributed by atoms with van der Waals surface area (Å²) in [5, 5.41) is 0. The van der Waals surface area contributed by atoms with Crippen LogP contribution in [0.2, 0.25) is 0 Å². The minimum absolute atomic E-state index is 0.0538. The van der Waals surface area contributed by atoms with Crippen LogP contribution in [0.5, 0.6) is 5.75 Å². The average molecular weight is 359 g/mol. The molecule has 0 spiro atoms. The Morgan fingerprint density at radius 1 is 1.12 bits per heavy atom. The van der Waals surface area contributed by atoms with E-state index in [1.165, 1.54) is 0 Å². The standard InChI is InChI=1S/C19H21NO4S/c1-20(17-11-12-25(22,23)14-17)19(21)16-9-7-15(8-10-16)13-24-18-5-3-2-4-6-18/h2-10,17H,11-14H2,1H3. The van der Waals surface area contributed by atoms with Gasteiger partial charge < -0.3 is 9.64 Å². The molecule has 1 aliphatic rings. The molecule has 1 amide bonds. The van der Waals surface area contributed by atoms with Crippen molar-refractivity contribution in [2.75, 3.05) is 18.6 Å². The molecule has 1 saturated heterocycles.